The van der Waals surface area contributed by atoms with Crippen molar-refractivity contribution >= 4 is 17.6 Å². The van der Waals surface area contributed by atoms with Crippen LogP contribution in [0.5, 0.6) is 0 Å². The zero-order valence-corrected chi connectivity index (χ0v) is 16.9. The van der Waals surface area contributed by atoms with Gasteiger partial charge >= 0.3 is 6.03 Å². The van der Waals surface area contributed by atoms with Crippen LogP contribution in [-0.2, 0) is 13.1 Å². The van der Waals surface area contributed by atoms with Crippen molar-refractivity contribution in [2.24, 2.45) is 0 Å². The van der Waals surface area contributed by atoms with Crippen molar-refractivity contribution in [2.45, 2.75) is 64.6 Å². The lowest BCUT2D eigenvalue weighted by Crippen LogP contribution is -2.45. The topological polar surface area (TPSA) is 37.3 Å². The summed E-state index contributed by atoms with van der Waals surface area (Å²) in [6.07, 6.45) is 8.98. The standard InChI is InChI=1S/C22H30ClN3O/c1-2-13-26(22(27)24-20-10-4-3-5-11-20)17-21-12-7-14-25(21)16-18-8-6-9-19(23)15-18/h6-9,12,14-15,20H,2-5,10-11,13,16-17H2,1H3,(H,24,27). The molecule has 0 spiro atoms. The maximum atomic E-state index is 12.8. The lowest BCUT2D eigenvalue weighted by molar-refractivity contribution is 0.186. The van der Waals surface area contributed by atoms with Crippen LogP contribution in [0.2, 0.25) is 5.02 Å². The Morgan fingerprint density at radius 2 is 2.04 bits per heavy atom. The molecule has 0 aliphatic heterocycles. The number of aromatic nitrogens is 1. The minimum Gasteiger partial charge on any atom is -0.345 e. The maximum absolute atomic E-state index is 12.8. The van der Waals surface area contributed by atoms with E-state index in [4.69, 9.17) is 11.6 Å². The van der Waals surface area contributed by atoms with Gasteiger partial charge in [-0.2, -0.15) is 0 Å². The summed E-state index contributed by atoms with van der Waals surface area (Å²) in [5.74, 6) is 0. The third kappa shape index (κ3) is 5.77. The second-order valence-corrected chi connectivity index (χ2v) is 7.90. The summed E-state index contributed by atoms with van der Waals surface area (Å²) in [7, 11) is 0. The lowest BCUT2D eigenvalue weighted by atomic mass is 9.96. The summed E-state index contributed by atoms with van der Waals surface area (Å²) >= 11 is 6.11. The molecule has 0 atom stereocenters. The van der Waals surface area contributed by atoms with Gasteiger partial charge < -0.3 is 14.8 Å². The Morgan fingerprint density at radius 3 is 2.78 bits per heavy atom. The van der Waals surface area contributed by atoms with Gasteiger partial charge in [-0.3, -0.25) is 0 Å². The molecule has 2 aromatic rings. The lowest BCUT2D eigenvalue weighted by Gasteiger charge is -2.28. The average molecular weight is 388 g/mol. The zero-order chi connectivity index (χ0) is 19.1. The van der Waals surface area contributed by atoms with Gasteiger partial charge in [0, 0.05) is 36.0 Å². The van der Waals surface area contributed by atoms with Gasteiger partial charge in [-0.1, -0.05) is 49.9 Å². The van der Waals surface area contributed by atoms with Crippen molar-refractivity contribution in [3.05, 3.63) is 58.9 Å². The summed E-state index contributed by atoms with van der Waals surface area (Å²) in [5.41, 5.74) is 2.30. The van der Waals surface area contributed by atoms with E-state index in [1.807, 2.05) is 29.2 Å². The molecule has 5 heteroatoms. The first kappa shape index (κ1) is 19.8. The molecule has 0 bridgehead atoms. The number of rotatable bonds is 7. The van der Waals surface area contributed by atoms with E-state index in [-0.39, 0.29) is 6.03 Å². The Kier molecular flexibility index (Phi) is 7.22. The van der Waals surface area contributed by atoms with Crippen LogP contribution in [-0.4, -0.2) is 28.1 Å². The summed E-state index contributed by atoms with van der Waals surface area (Å²) in [4.78, 5) is 14.8. The molecule has 0 saturated heterocycles. The van der Waals surface area contributed by atoms with Crippen LogP contribution in [0.1, 0.15) is 56.7 Å². The molecule has 1 aliphatic rings. The SMILES string of the molecule is CCCN(Cc1cccn1Cc1cccc(Cl)c1)C(=O)NC1CCCCC1. The molecule has 1 fully saturated rings. The monoisotopic (exact) mass is 387 g/mol. The smallest absolute Gasteiger partial charge is 0.317 e. The number of amides is 2. The highest BCUT2D eigenvalue weighted by atomic mass is 35.5. The number of nitrogens with one attached hydrogen (secondary N) is 1. The van der Waals surface area contributed by atoms with Crippen LogP contribution in [0, 0.1) is 0 Å². The Balaban J connectivity index is 1.65. The van der Waals surface area contributed by atoms with E-state index in [0.29, 0.717) is 12.6 Å². The molecule has 2 amide bonds. The molecule has 1 N–H and O–H groups in total. The highest BCUT2D eigenvalue weighted by Crippen LogP contribution is 2.18. The molecule has 1 heterocycles. The minimum absolute atomic E-state index is 0.0688. The minimum atomic E-state index is 0.0688. The highest BCUT2D eigenvalue weighted by molar-refractivity contribution is 6.30. The van der Waals surface area contributed by atoms with Crippen LogP contribution in [0.4, 0.5) is 4.79 Å². The molecule has 146 valence electrons. The molecule has 4 nitrogen and oxygen atoms in total. The van der Waals surface area contributed by atoms with Crippen LogP contribution in [0.15, 0.2) is 42.6 Å². The molecule has 27 heavy (non-hydrogen) atoms. The number of carbonyl (C=O) groups is 1. The number of benzene rings is 1. The molecule has 0 unspecified atom stereocenters. The van der Waals surface area contributed by atoms with Crippen molar-refractivity contribution in [3.8, 4) is 0 Å². The normalized spacial score (nSPS) is 14.9. The molecule has 1 aromatic heterocycles. The molecular weight excluding hydrogens is 358 g/mol. The Labute approximate surface area is 167 Å². The van der Waals surface area contributed by atoms with E-state index in [9.17, 15) is 4.79 Å². The van der Waals surface area contributed by atoms with E-state index in [0.717, 1.165) is 48.6 Å². The number of hydrogen-bond donors (Lipinski definition) is 1. The second-order valence-electron chi connectivity index (χ2n) is 7.46. The molecular formula is C22H30ClN3O. The number of urea groups is 1. The third-order valence-electron chi connectivity index (χ3n) is 5.23. The van der Waals surface area contributed by atoms with E-state index in [1.165, 1.54) is 19.3 Å². The predicted octanol–water partition coefficient (Wildman–Crippen LogP) is 5.44. The van der Waals surface area contributed by atoms with Crippen LogP contribution in [0.25, 0.3) is 0 Å². The van der Waals surface area contributed by atoms with Gasteiger partial charge in [-0.15, -0.1) is 0 Å². The molecule has 3 rings (SSSR count). The first-order valence-corrected chi connectivity index (χ1v) is 10.5. The fourth-order valence-corrected chi connectivity index (χ4v) is 4.02. The molecule has 0 radical (unpaired) electrons. The number of carbonyl (C=O) groups excluding carboxylic acids is 1. The summed E-state index contributed by atoms with van der Waals surface area (Å²) in [5, 5.41) is 4.00. The van der Waals surface area contributed by atoms with Gasteiger partial charge in [-0.25, -0.2) is 4.79 Å². The molecule has 1 aliphatic carbocycles. The van der Waals surface area contributed by atoms with E-state index in [2.05, 4.69) is 35.1 Å². The van der Waals surface area contributed by atoms with Crippen LogP contribution >= 0.6 is 11.6 Å². The Morgan fingerprint density at radius 1 is 1.22 bits per heavy atom. The van der Waals surface area contributed by atoms with Gasteiger partial charge in [0.05, 0.1) is 6.54 Å². The van der Waals surface area contributed by atoms with Gasteiger partial charge in [0.25, 0.3) is 0 Å². The van der Waals surface area contributed by atoms with E-state index >= 15 is 0 Å². The summed E-state index contributed by atoms with van der Waals surface area (Å²) < 4.78 is 2.20. The Hall–Kier alpha value is -1.94. The zero-order valence-electron chi connectivity index (χ0n) is 16.2. The molecule has 1 aromatic carbocycles. The summed E-state index contributed by atoms with van der Waals surface area (Å²) in [6, 6.07) is 12.5. The van der Waals surface area contributed by atoms with Crippen LogP contribution in [0.3, 0.4) is 0 Å². The fraction of sp³-hybridized carbons (Fsp3) is 0.500. The Bertz CT molecular complexity index is 737. The van der Waals surface area contributed by atoms with E-state index < -0.39 is 0 Å². The van der Waals surface area contributed by atoms with Gasteiger partial charge in [0.2, 0.25) is 0 Å². The largest absolute Gasteiger partial charge is 0.345 e. The van der Waals surface area contributed by atoms with Crippen molar-refractivity contribution < 1.29 is 4.79 Å². The van der Waals surface area contributed by atoms with Gasteiger partial charge in [0.15, 0.2) is 0 Å². The first-order valence-electron chi connectivity index (χ1n) is 10.1. The van der Waals surface area contributed by atoms with Gasteiger partial charge in [-0.05, 0) is 49.1 Å². The summed E-state index contributed by atoms with van der Waals surface area (Å²) in [6.45, 7) is 4.26. The van der Waals surface area contributed by atoms with Crippen LogP contribution < -0.4 is 5.32 Å². The van der Waals surface area contributed by atoms with E-state index in [1.54, 1.807) is 0 Å². The van der Waals surface area contributed by atoms with Crippen molar-refractivity contribution in [2.75, 3.05) is 6.54 Å². The molecule has 1 saturated carbocycles. The van der Waals surface area contributed by atoms with Crippen molar-refractivity contribution in [1.82, 2.24) is 14.8 Å². The maximum Gasteiger partial charge on any atom is 0.317 e. The fourth-order valence-electron chi connectivity index (χ4n) is 3.81. The second kappa shape index (κ2) is 9.84. The third-order valence-corrected chi connectivity index (χ3v) is 5.47. The van der Waals surface area contributed by atoms with Crippen molar-refractivity contribution in [3.63, 3.8) is 0 Å². The number of nitrogens with zero attached hydrogens (tertiary/aromatic N) is 2. The predicted molar refractivity (Wildman–Crippen MR) is 111 cm³/mol. The van der Waals surface area contributed by atoms with Crippen molar-refractivity contribution in [1.29, 1.82) is 0 Å². The number of halogens is 1. The highest BCUT2D eigenvalue weighted by Gasteiger charge is 2.20. The quantitative estimate of drug-likeness (QED) is 0.674. The first-order chi connectivity index (χ1) is 13.2. The van der Waals surface area contributed by atoms with Gasteiger partial charge in [0.1, 0.15) is 0 Å². The number of hydrogen-bond acceptors (Lipinski definition) is 1. The average Bonchev–Trinajstić information content (AvgIpc) is 3.09.